The second-order valence-electron chi connectivity index (χ2n) is 7.25. The van der Waals surface area contributed by atoms with Crippen molar-refractivity contribution in [1.82, 2.24) is 29.5 Å². The van der Waals surface area contributed by atoms with Gasteiger partial charge in [-0.1, -0.05) is 11.6 Å². The number of anilines is 1. The Kier molecular flexibility index (Phi) is 4.44. The van der Waals surface area contributed by atoms with Gasteiger partial charge in [0.1, 0.15) is 11.8 Å². The molecule has 1 aliphatic heterocycles. The molecule has 1 aliphatic rings. The van der Waals surface area contributed by atoms with E-state index >= 15 is 0 Å². The summed E-state index contributed by atoms with van der Waals surface area (Å²) in [5.41, 5.74) is 4.56. The fourth-order valence-electron chi connectivity index (χ4n) is 3.76. The monoisotopic (exact) mass is 409 g/mol. The lowest BCUT2D eigenvalue weighted by Gasteiger charge is -2.36. The van der Waals surface area contributed by atoms with Crippen LogP contribution in [-0.4, -0.2) is 48.7 Å². The molecule has 0 bridgehead atoms. The zero-order valence-electron chi connectivity index (χ0n) is 16.1. The molecule has 5 rings (SSSR count). The summed E-state index contributed by atoms with van der Waals surface area (Å²) in [6.07, 6.45) is 7.21. The standard InChI is InChI=1S/C20H20ClN7O/c1-12-9-27(11-18(29-12)15-7-24-26-13(15)2)20-22-6-5-16(25-20)17-8-23-19-4-3-14(21)10-28(17)19/h3-8,10,12,18H,9,11H2,1-2H3,(H,24,26)/t12-,18-/m0/s1. The highest BCUT2D eigenvalue weighted by molar-refractivity contribution is 6.30. The number of morpholine rings is 1. The zero-order chi connectivity index (χ0) is 20.0. The maximum absolute atomic E-state index is 6.17. The van der Waals surface area contributed by atoms with E-state index in [0.29, 0.717) is 17.5 Å². The Bertz CT molecular complexity index is 1170. The lowest BCUT2D eigenvalue weighted by atomic mass is 10.1. The molecule has 0 amide bonds. The SMILES string of the molecule is Cc1[nH]ncc1[C@@H]1CN(c2nccc(-c3cnc4ccc(Cl)cn34)n2)C[C@H](C)O1. The van der Waals surface area contributed by atoms with Crippen LogP contribution in [0.15, 0.2) is 43.0 Å². The van der Waals surface area contributed by atoms with Crippen LogP contribution in [0, 0.1) is 6.92 Å². The molecule has 0 radical (unpaired) electrons. The van der Waals surface area contributed by atoms with Crippen molar-refractivity contribution in [3.63, 3.8) is 0 Å². The van der Waals surface area contributed by atoms with E-state index in [1.165, 1.54) is 0 Å². The highest BCUT2D eigenvalue weighted by Crippen LogP contribution is 2.29. The van der Waals surface area contributed by atoms with Crippen molar-refractivity contribution in [2.24, 2.45) is 0 Å². The van der Waals surface area contributed by atoms with Gasteiger partial charge in [0.05, 0.1) is 41.5 Å². The van der Waals surface area contributed by atoms with E-state index in [0.717, 1.165) is 34.8 Å². The molecular formula is C20H20ClN7O. The number of aromatic nitrogens is 6. The number of halogens is 1. The smallest absolute Gasteiger partial charge is 0.226 e. The summed E-state index contributed by atoms with van der Waals surface area (Å²) in [6, 6.07) is 5.59. The van der Waals surface area contributed by atoms with Crippen LogP contribution >= 0.6 is 11.6 Å². The van der Waals surface area contributed by atoms with Gasteiger partial charge in [-0.05, 0) is 32.0 Å². The van der Waals surface area contributed by atoms with Crippen molar-refractivity contribution in [3.05, 3.63) is 59.3 Å². The van der Waals surface area contributed by atoms with E-state index in [1.54, 1.807) is 12.4 Å². The molecule has 0 aromatic carbocycles. The Morgan fingerprint density at radius 1 is 1.17 bits per heavy atom. The predicted octanol–water partition coefficient (Wildman–Crippen LogP) is 3.44. The van der Waals surface area contributed by atoms with E-state index in [-0.39, 0.29) is 12.2 Å². The van der Waals surface area contributed by atoms with Gasteiger partial charge >= 0.3 is 0 Å². The molecule has 29 heavy (non-hydrogen) atoms. The lowest BCUT2D eigenvalue weighted by Crippen LogP contribution is -2.43. The summed E-state index contributed by atoms with van der Waals surface area (Å²) in [4.78, 5) is 16.0. The molecule has 0 unspecified atom stereocenters. The van der Waals surface area contributed by atoms with Gasteiger partial charge in [-0.2, -0.15) is 5.10 Å². The minimum Gasteiger partial charge on any atom is -0.367 e. The zero-order valence-corrected chi connectivity index (χ0v) is 16.8. The third-order valence-corrected chi connectivity index (χ3v) is 5.36. The molecule has 148 valence electrons. The molecular weight excluding hydrogens is 390 g/mol. The average Bonchev–Trinajstić information content (AvgIpc) is 3.33. The van der Waals surface area contributed by atoms with Crippen LogP contribution in [0.4, 0.5) is 5.95 Å². The molecule has 0 spiro atoms. The van der Waals surface area contributed by atoms with Crippen LogP contribution in [0.5, 0.6) is 0 Å². The van der Waals surface area contributed by atoms with Gasteiger partial charge in [0.15, 0.2) is 0 Å². The maximum atomic E-state index is 6.17. The molecule has 0 aliphatic carbocycles. The first-order chi connectivity index (χ1) is 14.1. The van der Waals surface area contributed by atoms with Gasteiger partial charge in [-0.3, -0.25) is 9.50 Å². The number of rotatable bonds is 3. The molecule has 4 aromatic rings. The Morgan fingerprint density at radius 2 is 2.07 bits per heavy atom. The number of hydrogen-bond acceptors (Lipinski definition) is 6. The predicted molar refractivity (Wildman–Crippen MR) is 110 cm³/mol. The number of ether oxygens (including phenoxy) is 1. The average molecular weight is 410 g/mol. The number of H-pyrrole nitrogens is 1. The van der Waals surface area contributed by atoms with Crippen molar-refractivity contribution < 1.29 is 4.74 Å². The molecule has 0 saturated carbocycles. The van der Waals surface area contributed by atoms with E-state index in [9.17, 15) is 0 Å². The second-order valence-corrected chi connectivity index (χ2v) is 7.69. The number of pyridine rings is 1. The first kappa shape index (κ1) is 18.1. The maximum Gasteiger partial charge on any atom is 0.226 e. The van der Waals surface area contributed by atoms with E-state index in [1.807, 2.05) is 41.9 Å². The van der Waals surface area contributed by atoms with Crippen molar-refractivity contribution in [3.8, 4) is 11.4 Å². The molecule has 5 heterocycles. The Morgan fingerprint density at radius 3 is 2.90 bits per heavy atom. The van der Waals surface area contributed by atoms with E-state index < -0.39 is 0 Å². The number of nitrogens with zero attached hydrogens (tertiary/aromatic N) is 6. The normalized spacial score (nSPS) is 19.8. The Balaban J connectivity index is 1.49. The van der Waals surface area contributed by atoms with Crippen LogP contribution in [0.3, 0.4) is 0 Å². The van der Waals surface area contributed by atoms with Crippen molar-refractivity contribution >= 4 is 23.2 Å². The van der Waals surface area contributed by atoms with Crippen LogP contribution in [0.1, 0.15) is 24.3 Å². The molecule has 2 atom stereocenters. The van der Waals surface area contributed by atoms with E-state index in [4.69, 9.17) is 21.3 Å². The molecule has 4 aromatic heterocycles. The summed E-state index contributed by atoms with van der Waals surface area (Å²) in [7, 11) is 0. The van der Waals surface area contributed by atoms with Gasteiger partial charge in [-0.25, -0.2) is 15.0 Å². The number of nitrogens with one attached hydrogen (secondary N) is 1. The molecule has 1 N–H and O–H groups in total. The molecule has 9 heteroatoms. The van der Waals surface area contributed by atoms with Crippen LogP contribution in [-0.2, 0) is 4.74 Å². The Labute approximate surface area is 172 Å². The molecule has 1 saturated heterocycles. The van der Waals surface area contributed by atoms with Crippen molar-refractivity contribution in [1.29, 1.82) is 0 Å². The number of aryl methyl sites for hydroxylation is 1. The summed E-state index contributed by atoms with van der Waals surface area (Å²) in [5, 5.41) is 7.76. The van der Waals surface area contributed by atoms with Crippen LogP contribution in [0.25, 0.3) is 17.0 Å². The first-order valence-corrected chi connectivity index (χ1v) is 9.82. The number of imidazole rings is 1. The number of hydrogen-bond donors (Lipinski definition) is 1. The van der Waals surface area contributed by atoms with Crippen molar-refractivity contribution in [2.45, 2.75) is 26.1 Å². The number of aromatic amines is 1. The fourth-order valence-corrected chi connectivity index (χ4v) is 3.92. The first-order valence-electron chi connectivity index (χ1n) is 9.45. The molecule has 8 nitrogen and oxygen atoms in total. The van der Waals surface area contributed by atoms with E-state index in [2.05, 4.69) is 32.0 Å². The summed E-state index contributed by atoms with van der Waals surface area (Å²) >= 11 is 6.17. The topological polar surface area (TPSA) is 84.2 Å². The summed E-state index contributed by atoms with van der Waals surface area (Å²) < 4.78 is 8.09. The molecule has 1 fully saturated rings. The quantitative estimate of drug-likeness (QED) is 0.558. The third-order valence-electron chi connectivity index (χ3n) is 5.13. The largest absolute Gasteiger partial charge is 0.367 e. The summed E-state index contributed by atoms with van der Waals surface area (Å²) in [5.74, 6) is 0.667. The highest BCUT2D eigenvalue weighted by Gasteiger charge is 2.29. The van der Waals surface area contributed by atoms with Crippen LogP contribution < -0.4 is 4.90 Å². The summed E-state index contributed by atoms with van der Waals surface area (Å²) in [6.45, 7) is 5.44. The van der Waals surface area contributed by atoms with Gasteiger partial charge in [0.2, 0.25) is 5.95 Å². The minimum absolute atomic E-state index is 0.0462. The highest BCUT2D eigenvalue weighted by atomic mass is 35.5. The van der Waals surface area contributed by atoms with Gasteiger partial charge in [-0.15, -0.1) is 0 Å². The number of fused-ring (bicyclic) bond motifs is 1. The van der Waals surface area contributed by atoms with Crippen molar-refractivity contribution in [2.75, 3.05) is 18.0 Å². The Hall–Kier alpha value is -2.97. The van der Waals surface area contributed by atoms with Crippen LogP contribution in [0.2, 0.25) is 5.02 Å². The fraction of sp³-hybridized carbons (Fsp3) is 0.300. The third kappa shape index (κ3) is 3.34. The lowest BCUT2D eigenvalue weighted by molar-refractivity contribution is -0.0181. The van der Waals surface area contributed by atoms with Gasteiger partial charge in [0.25, 0.3) is 0 Å². The van der Waals surface area contributed by atoms with Gasteiger partial charge < -0.3 is 9.64 Å². The second kappa shape index (κ2) is 7.13. The minimum atomic E-state index is -0.0839. The van der Waals surface area contributed by atoms with Gasteiger partial charge in [0, 0.05) is 30.2 Å².